The highest BCUT2D eigenvalue weighted by Gasteiger charge is 2.35. The number of ether oxygens (including phenoxy) is 1. The lowest BCUT2D eigenvalue weighted by Crippen LogP contribution is -2.34. The zero-order valence-electron chi connectivity index (χ0n) is 20.3. The topological polar surface area (TPSA) is 9.23 Å². The van der Waals surface area contributed by atoms with Gasteiger partial charge in [-0.3, -0.25) is 0 Å². The fraction of sp³-hybridized carbons (Fsp3) is 0.793. The van der Waals surface area contributed by atoms with Gasteiger partial charge < -0.3 is 4.74 Å². The second-order valence-electron chi connectivity index (χ2n) is 10.7. The molecule has 170 valence electrons. The minimum absolute atomic E-state index is 0.366. The van der Waals surface area contributed by atoms with Gasteiger partial charge in [0.2, 0.25) is 0 Å². The van der Waals surface area contributed by atoms with Crippen molar-refractivity contribution in [3.63, 3.8) is 0 Å². The minimum Gasteiger partial charge on any atom is -0.490 e. The van der Waals surface area contributed by atoms with Gasteiger partial charge in [0.15, 0.2) is 0 Å². The Labute approximate surface area is 187 Å². The Morgan fingerprint density at radius 2 is 1.33 bits per heavy atom. The van der Waals surface area contributed by atoms with Crippen LogP contribution in [0.2, 0.25) is 0 Å². The summed E-state index contributed by atoms with van der Waals surface area (Å²) in [5, 5.41) is 0. The molecule has 0 aromatic heterocycles. The van der Waals surface area contributed by atoms with Crippen molar-refractivity contribution in [1.29, 1.82) is 0 Å². The molecule has 1 nitrogen and oxygen atoms in total. The first kappa shape index (κ1) is 23.7. The third-order valence-electron chi connectivity index (χ3n) is 8.83. The summed E-state index contributed by atoms with van der Waals surface area (Å²) in [7, 11) is 0. The average Bonchev–Trinajstić information content (AvgIpc) is 2.79. The summed E-state index contributed by atoms with van der Waals surface area (Å²) in [6.07, 6.45) is 17.3. The van der Waals surface area contributed by atoms with Crippen molar-refractivity contribution in [3.05, 3.63) is 30.3 Å². The summed E-state index contributed by atoms with van der Waals surface area (Å²) in [6, 6.07) is 10.5. The van der Waals surface area contributed by atoms with Gasteiger partial charge >= 0.3 is 0 Å². The molecule has 0 spiro atoms. The molecule has 0 N–H and O–H groups in total. The van der Waals surface area contributed by atoms with Crippen LogP contribution in [0.3, 0.4) is 0 Å². The molecule has 0 radical (unpaired) electrons. The lowest BCUT2D eigenvalue weighted by atomic mass is 9.65. The van der Waals surface area contributed by atoms with Crippen molar-refractivity contribution >= 4 is 0 Å². The zero-order chi connectivity index (χ0) is 21.3. The molecule has 3 unspecified atom stereocenters. The maximum absolute atomic E-state index is 6.47. The Bertz CT molecular complexity index is 565. The summed E-state index contributed by atoms with van der Waals surface area (Å²) < 4.78 is 6.47. The number of benzene rings is 1. The highest BCUT2D eigenvalue weighted by molar-refractivity contribution is 5.21. The van der Waals surface area contributed by atoms with E-state index in [0.29, 0.717) is 12.0 Å². The van der Waals surface area contributed by atoms with Crippen molar-refractivity contribution in [3.8, 4) is 5.75 Å². The molecule has 0 amide bonds. The third-order valence-corrected chi connectivity index (χ3v) is 8.83. The molecule has 0 heterocycles. The summed E-state index contributed by atoms with van der Waals surface area (Å²) in [5.41, 5.74) is 0. The number of hydrogen-bond acceptors (Lipinski definition) is 1. The van der Waals surface area contributed by atoms with E-state index < -0.39 is 0 Å². The third kappa shape index (κ3) is 6.51. The molecule has 3 atom stereocenters. The van der Waals surface area contributed by atoms with Gasteiger partial charge in [0.05, 0.1) is 0 Å². The van der Waals surface area contributed by atoms with Crippen LogP contribution in [0, 0.1) is 35.5 Å². The smallest absolute Gasteiger partial charge is 0.119 e. The Morgan fingerprint density at radius 1 is 0.767 bits per heavy atom. The molecule has 2 saturated carbocycles. The van der Waals surface area contributed by atoms with E-state index in [2.05, 4.69) is 58.0 Å². The van der Waals surface area contributed by atoms with Crippen LogP contribution < -0.4 is 4.74 Å². The zero-order valence-corrected chi connectivity index (χ0v) is 20.3. The molecule has 1 heteroatoms. The molecule has 1 aromatic rings. The Morgan fingerprint density at radius 3 is 1.90 bits per heavy atom. The van der Waals surface area contributed by atoms with Crippen molar-refractivity contribution in [1.82, 2.24) is 0 Å². The summed E-state index contributed by atoms with van der Waals surface area (Å²) in [6.45, 7) is 9.70. The van der Waals surface area contributed by atoms with Crippen molar-refractivity contribution < 1.29 is 4.74 Å². The minimum atomic E-state index is 0.366. The lowest BCUT2D eigenvalue weighted by Gasteiger charge is -2.41. The van der Waals surface area contributed by atoms with Gasteiger partial charge in [0, 0.05) is 0 Å². The van der Waals surface area contributed by atoms with Crippen LogP contribution >= 0.6 is 0 Å². The highest BCUT2D eigenvalue weighted by Crippen LogP contribution is 2.44. The van der Waals surface area contributed by atoms with Crippen LogP contribution in [0.4, 0.5) is 0 Å². The van der Waals surface area contributed by atoms with E-state index >= 15 is 0 Å². The van der Waals surface area contributed by atoms with Crippen molar-refractivity contribution in [2.45, 2.75) is 111 Å². The van der Waals surface area contributed by atoms with E-state index in [-0.39, 0.29) is 0 Å². The lowest BCUT2D eigenvalue weighted by molar-refractivity contribution is 0.0578. The predicted octanol–water partition coefficient (Wildman–Crippen LogP) is 8.92. The molecule has 2 fully saturated rings. The molecule has 2 aliphatic carbocycles. The average molecular weight is 413 g/mol. The maximum Gasteiger partial charge on any atom is 0.119 e. The fourth-order valence-electron chi connectivity index (χ4n) is 6.68. The summed E-state index contributed by atoms with van der Waals surface area (Å²) in [4.78, 5) is 0. The van der Waals surface area contributed by atoms with E-state index in [0.717, 1.165) is 35.3 Å². The van der Waals surface area contributed by atoms with Gasteiger partial charge in [-0.2, -0.15) is 0 Å². The second kappa shape index (κ2) is 12.2. The maximum atomic E-state index is 6.47. The largest absolute Gasteiger partial charge is 0.490 e. The summed E-state index contributed by atoms with van der Waals surface area (Å²) in [5.74, 6) is 6.50. The van der Waals surface area contributed by atoms with E-state index in [1.807, 2.05) is 0 Å². The molecule has 0 saturated heterocycles. The van der Waals surface area contributed by atoms with Crippen LogP contribution in [0.15, 0.2) is 30.3 Å². The molecule has 30 heavy (non-hydrogen) atoms. The standard InChI is InChI=1S/C29H48O/c1-5-10-24-14-16-25(17-15-24)22(3)26-18-20-27(21-19-26)23(4)29(11-6-2)30-28-12-8-7-9-13-28/h7-9,12-13,22-27,29H,5-6,10-11,14-21H2,1-4H3. The Kier molecular flexibility index (Phi) is 9.60. The van der Waals surface area contributed by atoms with Crippen LogP contribution in [-0.2, 0) is 0 Å². The molecular formula is C29H48O. The van der Waals surface area contributed by atoms with Gasteiger partial charge in [-0.05, 0) is 92.6 Å². The predicted molar refractivity (Wildman–Crippen MR) is 130 cm³/mol. The highest BCUT2D eigenvalue weighted by atomic mass is 16.5. The molecule has 1 aromatic carbocycles. The number of para-hydroxylation sites is 1. The molecular weight excluding hydrogens is 364 g/mol. The quantitative estimate of drug-likeness (QED) is 0.372. The van der Waals surface area contributed by atoms with Crippen LogP contribution in [0.5, 0.6) is 5.75 Å². The molecule has 3 rings (SSSR count). The molecule has 0 bridgehead atoms. The Hall–Kier alpha value is -0.980. The van der Waals surface area contributed by atoms with Gasteiger partial charge in [-0.25, -0.2) is 0 Å². The molecule has 0 aliphatic heterocycles. The SMILES string of the molecule is CCCC1CCC(C(C)C2CCC(C(C)C(CCC)Oc3ccccc3)CC2)CC1. The first-order valence-corrected chi connectivity index (χ1v) is 13.3. The van der Waals surface area contributed by atoms with E-state index in [9.17, 15) is 0 Å². The number of rotatable bonds is 10. The Balaban J connectivity index is 1.47. The first-order chi connectivity index (χ1) is 14.6. The normalized spacial score (nSPS) is 30.4. The summed E-state index contributed by atoms with van der Waals surface area (Å²) >= 11 is 0. The van der Waals surface area contributed by atoms with Crippen LogP contribution in [0.25, 0.3) is 0 Å². The van der Waals surface area contributed by atoms with Crippen LogP contribution in [0.1, 0.15) is 105 Å². The van der Waals surface area contributed by atoms with E-state index in [1.165, 1.54) is 77.0 Å². The van der Waals surface area contributed by atoms with E-state index in [4.69, 9.17) is 4.74 Å². The van der Waals surface area contributed by atoms with Gasteiger partial charge in [0.1, 0.15) is 11.9 Å². The van der Waals surface area contributed by atoms with Crippen LogP contribution in [-0.4, -0.2) is 6.10 Å². The first-order valence-electron chi connectivity index (χ1n) is 13.3. The van der Waals surface area contributed by atoms with Gasteiger partial charge in [-0.15, -0.1) is 0 Å². The number of hydrogen-bond donors (Lipinski definition) is 0. The van der Waals surface area contributed by atoms with Crippen molar-refractivity contribution in [2.75, 3.05) is 0 Å². The van der Waals surface area contributed by atoms with E-state index in [1.54, 1.807) is 0 Å². The second-order valence-corrected chi connectivity index (χ2v) is 10.7. The molecule has 2 aliphatic rings. The van der Waals surface area contributed by atoms with Gasteiger partial charge in [0.25, 0.3) is 0 Å². The fourth-order valence-corrected chi connectivity index (χ4v) is 6.68. The monoisotopic (exact) mass is 412 g/mol. The van der Waals surface area contributed by atoms with Gasteiger partial charge in [-0.1, -0.05) is 78.0 Å². The van der Waals surface area contributed by atoms with Crippen molar-refractivity contribution in [2.24, 2.45) is 35.5 Å².